The van der Waals surface area contributed by atoms with Crippen molar-refractivity contribution in [3.05, 3.63) is 28.0 Å². The molecular weight excluding hydrogens is 248 g/mol. The van der Waals surface area contributed by atoms with Gasteiger partial charge >= 0.3 is 5.97 Å². The predicted octanol–water partition coefficient (Wildman–Crippen LogP) is 2.33. The minimum Gasteiger partial charge on any atom is -0.478 e. The Morgan fingerprint density at radius 3 is 3.00 bits per heavy atom. The van der Waals surface area contributed by atoms with Crippen molar-refractivity contribution >= 4 is 32.9 Å². The van der Waals surface area contributed by atoms with E-state index in [-0.39, 0.29) is 5.56 Å². The Hall–Kier alpha value is -1.36. The van der Waals surface area contributed by atoms with Crippen molar-refractivity contribution in [1.82, 2.24) is 9.97 Å². The second-order valence-electron chi connectivity index (χ2n) is 2.96. The van der Waals surface area contributed by atoms with Crippen molar-refractivity contribution in [3.8, 4) is 0 Å². The molecule has 2 aromatic heterocycles. The number of aromatic nitrogens is 2. The van der Waals surface area contributed by atoms with Gasteiger partial charge in [0.15, 0.2) is 0 Å². The number of aromatic amines is 1. The third-order valence-electron chi connectivity index (χ3n) is 2.03. The number of pyridine rings is 1. The standard InChI is InChI=1S/C9H7BrN2O2/c1-4-7(10)2-5-6(9(13)14)3-11-8(5)12-4/h2-3H,1H3,(H,11,12)(H,13,14). The van der Waals surface area contributed by atoms with Crippen molar-refractivity contribution in [1.29, 1.82) is 0 Å². The molecule has 0 radical (unpaired) electrons. The Balaban J connectivity index is 2.80. The number of halogens is 1. The normalized spacial score (nSPS) is 10.7. The molecule has 0 aliphatic heterocycles. The Morgan fingerprint density at radius 2 is 2.36 bits per heavy atom. The fraction of sp³-hybridized carbons (Fsp3) is 0.111. The number of hydrogen-bond donors (Lipinski definition) is 2. The van der Waals surface area contributed by atoms with Crippen LogP contribution in [0.4, 0.5) is 0 Å². The van der Waals surface area contributed by atoms with E-state index in [0.717, 1.165) is 10.2 Å². The molecule has 2 aromatic rings. The summed E-state index contributed by atoms with van der Waals surface area (Å²) in [6.07, 6.45) is 1.45. The molecule has 0 aliphatic carbocycles. The summed E-state index contributed by atoms with van der Waals surface area (Å²) < 4.78 is 0.812. The van der Waals surface area contributed by atoms with Crippen molar-refractivity contribution in [3.63, 3.8) is 0 Å². The van der Waals surface area contributed by atoms with E-state index >= 15 is 0 Å². The van der Waals surface area contributed by atoms with Crippen molar-refractivity contribution in [2.24, 2.45) is 0 Å². The van der Waals surface area contributed by atoms with Gasteiger partial charge in [0, 0.05) is 16.1 Å². The number of carboxylic acids is 1. The van der Waals surface area contributed by atoms with E-state index in [2.05, 4.69) is 25.9 Å². The van der Waals surface area contributed by atoms with E-state index in [0.29, 0.717) is 11.0 Å². The number of nitrogens with one attached hydrogen (secondary N) is 1. The summed E-state index contributed by atoms with van der Waals surface area (Å²) in [4.78, 5) is 17.8. The highest BCUT2D eigenvalue weighted by Gasteiger charge is 2.12. The van der Waals surface area contributed by atoms with Gasteiger partial charge in [0.25, 0.3) is 0 Å². The van der Waals surface area contributed by atoms with Crippen LogP contribution in [-0.4, -0.2) is 21.0 Å². The highest BCUT2D eigenvalue weighted by Crippen LogP contribution is 2.23. The third-order valence-corrected chi connectivity index (χ3v) is 2.83. The quantitative estimate of drug-likeness (QED) is 0.821. The Morgan fingerprint density at radius 1 is 1.64 bits per heavy atom. The van der Waals surface area contributed by atoms with Crippen LogP contribution >= 0.6 is 15.9 Å². The smallest absolute Gasteiger partial charge is 0.337 e. The number of aromatic carboxylic acids is 1. The molecule has 0 saturated carbocycles. The van der Waals surface area contributed by atoms with Crippen LogP contribution in [0.3, 0.4) is 0 Å². The SMILES string of the molecule is Cc1nc2[nH]cc(C(=O)O)c2cc1Br. The molecule has 2 N–H and O–H groups in total. The van der Waals surface area contributed by atoms with Crippen molar-refractivity contribution < 1.29 is 9.90 Å². The van der Waals surface area contributed by atoms with Crippen LogP contribution in [0.15, 0.2) is 16.7 Å². The number of carbonyl (C=O) groups is 1. The maximum Gasteiger partial charge on any atom is 0.337 e. The van der Waals surface area contributed by atoms with Gasteiger partial charge in [-0.25, -0.2) is 9.78 Å². The van der Waals surface area contributed by atoms with E-state index in [4.69, 9.17) is 5.11 Å². The molecular formula is C9H7BrN2O2. The molecule has 4 nitrogen and oxygen atoms in total. The van der Waals surface area contributed by atoms with Gasteiger partial charge in [-0.2, -0.15) is 0 Å². The number of hydrogen-bond acceptors (Lipinski definition) is 2. The zero-order chi connectivity index (χ0) is 10.3. The Bertz CT molecular complexity index is 519. The lowest BCUT2D eigenvalue weighted by Crippen LogP contribution is -1.94. The molecule has 2 rings (SSSR count). The zero-order valence-electron chi connectivity index (χ0n) is 7.34. The molecule has 0 atom stereocenters. The lowest BCUT2D eigenvalue weighted by Gasteiger charge is -1.97. The topological polar surface area (TPSA) is 66.0 Å². The first-order valence-electron chi connectivity index (χ1n) is 3.97. The largest absolute Gasteiger partial charge is 0.478 e. The van der Waals surface area contributed by atoms with Crippen LogP contribution in [0.2, 0.25) is 0 Å². The summed E-state index contributed by atoms with van der Waals surface area (Å²) in [5.41, 5.74) is 1.67. The fourth-order valence-corrected chi connectivity index (χ4v) is 1.61. The molecule has 0 saturated heterocycles. The van der Waals surface area contributed by atoms with E-state index < -0.39 is 5.97 Å². The maximum absolute atomic E-state index is 10.8. The minimum atomic E-state index is -0.950. The summed E-state index contributed by atoms with van der Waals surface area (Å²) in [6, 6.07) is 1.76. The highest BCUT2D eigenvalue weighted by molar-refractivity contribution is 9.10. The molecule has 14 heavy (non-hydrogen) atoms. The van der Waals surface area contributed by atoms with Gasteiger partial charge in [-0.15, -0.1) is 0 Å². The zero-order valence-corrected chi connectivity index (χ0v) is 8.92. The van der Waals surface area contributed by atoms with Gasteiger partial charge < -0.3 is 10.1 Å². The van der Waals surface area contributed by atoms with E-state index in [1.165, 1.54) is 6.20 Å². The summed E-state index contributed by atoms with van der Waals surface area (Å²) in [5.74, 6) is -0.950. The van der Waals surface area contributed by atoms with Gasteiger partial charge in [-0.1, -0.05) is 0 Å². The van der Waals surface area contributed by atoms with E-state index in [9.17, 15) is 4.79 Å². The number of carboxylic acid groups (broad SMARTS) is 1. The monoisotopic (exact) mass is 254 g/mol. The van der Waals surface area contributed by atoms with Gasteiger partial charge in [0.05, 0.1) is 11.3 Å². The number of aryl methyl sites for hydroxylation is 1. The molecule has 0 amide bonds. The lowest BCUT2D eigenvalue weighted by molar-refractivity contribution is 0.0699. The number of H-pyrrole nitrogens is 1. The second kappa shape index (κ2) is 3.09. The maximum atomic E-state index is 10.8. The Labute approximate surface area is 88.1 Å². The minimum absolute atomic E-state index is 0.244. The second-order valence-corrected chi connectivity index (χ2v) is 3.81. The molecule has 0 aliphatic rings. The molecule has 0 unspecified atom stereocenters. The first kappa shape index (κ1) is 9.21. The van der Waals surface area contributed by atoms with Crippen LogP contribution in [0.5, 0.6) is 0 Å². The number of rotatable bonds is 1. The average molecular weight is 255 g/mol. The predicted molar refractivity (Wildman–Crippen MR) is 55.5 cm³/mol. The van der Waals surface area contributed by atoms with Gasteiger partial charge in [-0.3, -0.25) is 0 Å². The lowest BCUT2D eigenvalue weighted by atomic mass is 10.2. The summed E-state index contributed by atoms with van der Waals surface area (Å²) in [5, 5.41) is 9.49. The van der Waals surface area contributed by atoms with E-state index in [1.807, 2.05) is 6.92 Å². The number of fused-ring (bicyclic) bond motifs is 1. The fourth-order valence-electron chi connectivity index (χ4n) is 1.29. The van der Waals surface area contributed by atoms with Crippen LogP contribution < -0.4 is 0 Å². The van der Waals surface area contributed by atoms with Crippen LogP contribution in [0.1, 0.15) is 16.1 Å². The molecule has 0 spiro atoms. The van der Waals surface area contributed by atoms with Gasteiger partial charge in [0.2, 0.25) is 0 Å². The van der Waals surface area contributed by atoms with Crippen LogP contribution in [0.25, 0.3) is 11.0 Å². The Kier molecular flexibility index (Phi) is 2.03. The third kappa shape index (κ3) is 1.29. The van der Waals surface area contributed by atoms with Crippen LogP contribution in [0, 0.1) is 6.92 Å². The van der Waals surface area contributed by atoms with Gasteiger partial charge in [-0.05, 0) is 28.9 Å². The summed E-state index contributed by atoms with van der Waals surface area (Å²) >= 11 is 3.31. The van der Waals surface area contributed by atoms with Crippen molar-refractivity contribution in [2.45, 2.75) is 6.92 Å². The van der Waals surface area contributed by atoms with Crippen LogP contribution in [-0.2, 0) is 0 Å². The molecule has 2 heterocycles. The highest BCUT2D eigenvalue weighted by atomic mass is 79.9. The first-order chi connectivity index (χ1) is 6.59. The number of nitrogens with zero attached hydrogens (tertiary/aromatic N) is 1. The molecule has 5 heteroatoms. The summed E-state index contributed by atoms with van der Waals surface area (Å²) in [6.45, 7) is 1.85. The molecule has 0 aromatic carbocycles. The van der Waals surface area contributed by atoms with Gasteiger partial charge in [0.1, 0.15) is 5.65 Å². The van der Waals surface area contributed by atoms with E-state index in [1.54, 1.807) is 6.07 Å². The summed E-state index contributed by atoms with van der Waals surface area (Å²) in [7, 11) is 0. The molecule has 0 fully saturated rings. The first-order valence-corrected chi connectivity index (χ1v) is 4.76. The molecule has 72 valence electrons. The average Bonchev–Trinajstić information content (AvgIpc) is 2.48. The van der Waals surface area contributed by atoms with Crippen molar-refractivity contribution in [2.75, 3.05) is 0 Å². The molecule has 0 bridgehead atoms.